The minimum Gasteiger partial charge on any atom is -0.368 e. The molecule has 0 aliphatic heterocycles. The van der Waals surface area contributed by atoms with E-state index in [0.29, 0.717) is 11.0 Å². The van der Waals surface area contributed by atoms with Gasteiger partial charge in [-0.3, -0.25) is 0 Å². The van der Waals surface area contributed by atoms with Crippen LogP contribution in [0.1, 0.15) is 11.6 Å². The predicted molar refractivity (Wildman–Crippen MR) is 80.7 cm³/mol. The van der Waals surface area contributed by atoms with Gasteiger partial charge in [-0.1, -0.05) is 11.6 Å². The van der Waals surface area contributed by atoms with Crippen molar-refractivity contribution in [3.63, 3.8) is 0 Å². The predicted octanol–water partition coefficient (Wildman–Crippen LogP) is 2.49. The van der Waals surface area contributed by atoms with E-state index in [4.69, 9.17) is 17.3 Å². The average Bonchev–Trinajstić information content (AvgIpc) is 2.81. The Balaban J connectivity index is 2.07. The number of nitrogens with two attached hydrogens (primary N) is 1. The summed E-state index contributed by atoms with van der Waals surface area (Å²) in [7, 11) is 4.09. The van der Waals surface area contributed by atoms with Crippen molar-refractivity contribution in [3.8, 4) is 0 Å². The van der Waals surface area contributed by atoms with E-state index in [2.05, 4.69) is 37.0 Å². The van der Waals surface area contributed by atoms with Crippen LogP contribution in [0.15, 0.2) is 22.9 Å². The van der Waals surface area contributed by atoms with Gasteiger partial charge in [0.05, 0.1) is 6.04 Å². The molecule has 0 fully saturated rings. The van der Waals surface area contributed by atoms with Gasteiger partial charge in [0.15, 0.2) is 0 Å². The summed E-state index contributed by atoms with van der Waals surface area (Å²) in [5.41, 5.74) is 6.84. The van der Waals surface area contributed by atoms with Gasteiger partial charge in [0.1, 0.15) is 11.0 Å². The van der Waals surface area contributed by atoms with Gasteiger partial charge in [0.25, 0.3) is 0 Å². The standard InChI is InChI=1S/C12H16ClN5S/c1-18(2)9(8-3-4-19-7-8)6-15-11-5-10(13)16-12(14)17-11/h3-5,7,9H,6H2,1-2H3,(H3,14,15,16,17)/t9-/m1/s1. The van der Waals surface area contributed by atoms with Crippen molar-refractivity contribution in [2.24, 2.45) is 0 Å². The fourth-order valence-corrected chi connectivity index (χ4v) is 2.69. The van der Waals surface area contributed by atoms with Crippen LogP contribution in [0.25, 0.3) is 0 Å². The number of hydrogen-bond acceptors (Lipinski definition) is 6. The second-order valence-corrected chi connectivity index (χ2v) is 5.52. The molecule has 5 nitrogen and oxygen atoms in total. The van der Waals surface area contributed by atoms with Crippen LogP contribution in [0.4, 0.5) is 11.8 Å². The highest BCUT2D eigenvalue weighted by molar-refractivity contribution is 7.07. The smallest absolute Gasteiger partial charge is 0.223 e. The highest BCUT2D eigenvalue weighted by Crippen LogP contribution is 2.22. The number of nitrogens with one attached hydrogen (secondary N) is 1. The number of nitrogen functional groups attached to an aromatic ring is 1. The van der Waals surface area contributed by atoms with Gasteiger partial charge in [-0.2, -0.15) is 16.3 Å². The zero-order valence-corrected chi connectivity index (χ0v) is 12.4. The number of anilines is 2. The van der Waals surface area contributed by atoms with Crippen LogP contribution in [0.3, 0.4) is 0 Å². The van der Waals surface area contributed by atoms with E-state index in [1.807, 2.05) is 14.1 Å². The number of hydrogen-bond donors (Lipinski definition) is 2. The molecule has 0 aliphatic carbocycles. The van der Waals surface area contributed by atoms with Crippen molar-refractivity contribution in [2.75, 3.05) is 31.7 Å². The van der Waals surface area contributed by atoms with E-state index in [0.717, 1.165) is 6.54 Å². The highest BCUT2D eigenvalue weighted by Gasteiger charge is 2.14. The lowest BCUT2D eigenvalue weighted by Gasteiger charge is -2.24. The van der Waals surface area contributed by atoms with E-state index in [1.54, 1.807) is 17.4 Å². The third-order valence-corrected chi connectivity index (χ3v) is 3.64. The number of halogens is 1. The molecular formula is C12H16ClN5S. The highest BCUT2D eigenvalue weighted by atomic mass is 35.5. The summed E-state index contributed by atoms with van der Waals surface area (Å²) in [4.78, 5) is 10.1. The molecule has 7 heteroatoms. The molecule has 0 aromatic carbocycles. The molecule has 0 aliphatic rings. The fraction of sp³-hybridized carbons (Fsp3) is 0.333. The maximum absolute atomic E-state index is 5.85. The Labute approximate surface area is 121 Å². The van der Waals surface area contributed by atoms with Gasteiger partial charge >= 0.3 is 0 Å². The van der Waals surface area contributed by atoms with Crippen molar-refractivity contribution in [3.05, 3.63) is 33.6 Å². The number of rotatable bonds is 5. The molecule has 0 bridgehead atoms. The van der Waals surface area contributed by atoms with Crippen molar-refractivity contribution < 1.29 is 0 Å². The van der Waals surface area contributed by atoms with Gasteiger partial charge < -0.3 is 16.0 Å². The topological polar surface area (TPSA) is 67.1 Å². The Morgan fingerprint density at radius 1 is 1.47 bits per heavy atom. The lowest BCUT2D eigenvalue weighted by atomic mass is 10.1. The van der Waals surface area contributed by atoms with Gasteiger partial charge in [-0.05, 0) is 36.5 Å². The number of aromatic nitrogens is 2. The van der Waals surface area contributed by atoms with Crippen LogP contribution in [0, 0.1) is 0 Å². The Morgan fingerprint density at radius 2 is 2.26 bits per heavy atom. The quantitative estimate of drug-likeness (QED) is 0.830. The van der Waals surface area contributed by atoms with Gasteiger partial charge in [0, 0.05) is 12.6 Å². The normalized spacial score (nSPS) is 12.6. The van der Waals surface area contributed by atoms with E-state index < -0.39 is 0 Å². The first-order chi connectivity index (χ1) is 9.06. The molecule has 19 heavy (non-hydrogen) atoms. The van der Waals surface area contributed by atoms with Crippen LogP contribution in [-0.4, -0.2) is 35.5 Å². The summed E-state index contributed by atoms with van der Waals surface area (Å²) in [5.74, 6) is 0.812. The van der Waals surface area contributed by atoms with Gasteiger partial charge in [-0.25, -0.2) is 4.98 Å². The lowest BCUT2D eigenvalue weighted by Crippen LogP contribution is -2.26. The minimum absolute atomic E-state index is 0.173. The SMILES string of the molecule is CN(C)[C@H](CNc1cc(Cl)nc(N)n1)c1ccsc1. The Morgan fingerprint density at radius 3 is 2.84 bits per heavy atom. The fourth-order valence-electron chi connectivity index (χ4n) is 1.79. The van der Waals surface area contributed by atoms with Crippen molar-refractivity contribution in [2.45, 2.75) is 6.04 Å². The zero-order valence-electron chi connectivity index (χ0n) is 10.8. The third-order valence-electron chi connectivity index (χ3n) is 2.74. The molecule has 2 heterocycles. The molecule has 0 radical (unpaired) electrons. The summed E-state index contributed by atoms with van der Waals surface area (Å²) in [6, 6.07) is 4.05. The van der Waals surface area contributed by atoms with E-state index >= 15 is 0 Å². The van der Waals surface area contributed by atoms with E-state index in [1.165, 1.54) is 5.56 Å². The molecule has 1 atom stereocenters. The Bertz CT molecular complexity index is 509. The van der Waals surface area contributed by atoms with Crippen LogP contribution in [-0.2, 0) is 0 Å². The third kappa shape index (κ3) is 3.79. The van der Waals surface area contributed by atoms with Crippen molar-refractivity contribution in [1.82, 2.24) is 14.9 Å². The van der Waals surface area contributed by atoms with Crippen molar-refractivity contribution in [1.29, 1.82) is 0 Å². The van der Waals surface area contributed by atoms with Gasteiger partial charge in [0.2, 0.25) is 5.95 Å². The molecular weight excluding hydrogens is 282 g/mol. The second kappa shape index (κ2) is 6.18. The molecule has 2 aromatic heterocycles. The average molecular weight is 298 g/mol. The molecule has 0 spiro atoms. The van der Waals surface area contributed by atoms with Crippen LogP contribution >= 0.6 is 22.9 Å². The number of likely N-dealkylation sites (N-methyl/N-ethyl adjacent to an activating group) is 1. The van der Waals surface area contributed by atoms with Crippen LogP contribution < -0.4 is 11.1 Å². The Kier molecular flexibility index (Phi) is 4.57. The Hall–Kier alpha value is -1.37. The number of thiophene rings is 1. The molecule has 2 rings (SSSR count). The molecule has 0 amide bonds. The molecule has 2 aromatic rings. The maximum atomic E-state index is 5.85. The molecule has 0 saturated heterocycles. The van der Waals surface area contributed by atoms with Gasteiger partial charge in [-0.15, -0.1) is 0 Å². The molecule has 102 valence electrons. The molecule has 3 N–H and O–H groups in total. The first kappa shape index (κ1) is 14.0. The second-order valence-electron chi connectivity index (χ2n) is 4.35. The first-order valence-electron chi connectivity index (χ1n) is 5.78. The summed E-state index contributed by atoms with van der Waals surface area (Å²) in [6.45, 7) is 0.719. The maximum Gasteiger partial charge on any atom is 0.223 e. The molecule has 0 saturated carbocycles. The zero-order chi connectivity index (χ0) is 13.8. The first-order valence-corrected chi connectivity index (χ1v) is 7.11. The van der Waals surface area contributed by atoms with Crippen LogP contribution in [0.5, 0.6) is 0 Å². The summed E-state index contributed by atoms with van der Waals surface area (Å²) in [5, 5.41) is 7.80. The van der Waals surface area contributed by atoms with E-state index in [-0.39, 0.29) is 12.0 Å². The number of nitrogens with zero attached hydrogens (tertiary/aromatic N) is 3. The summed E-state index contributed by atoms with van der Waals surface area (Å²) < 4.78 is 0. The summed E-state index contributed by atoms with van der Waals surface area (Å²) in [6.07, 6.45) is 0. The largest absolute Gasteiger partial charge is 0.368 e. The van der Waals surface area contributed by atoms with E-state index in [9.17, 15) is 0 Å². The molecule has 0 unspecified atom stereocenters. The van der Waals surface area contributed by atoms with Crippen LogP contribution in [0.2, 0.25) is 5.15 Å². The minimum atomic E-state index is 0.173. The summed E-state index contributed by atoms with van der Waals surface area (Å²) >= 11 is 7.54. The monoisotopic (exact) mass is 297 g/mol. The lowest BCUT2D eigenvalue weighted by molar-refractivity contribution is 0.312. The van der Waals surface area contributed by atoms with Crippen molar-refractivity contribution >= 4 is 34.7 Å².